The third-order valence-electron chi connectivity index (χ3n) is 4.97. The average Bonchev–Trinajstić information content (AvgIpc) is 2.53. The second kappa shape index (κ2) is 7.61. The van der Waals surface area contributed by atoms with E-state index in [2.05, 4.69) is 49.3 Å². The SMILES string of the molecule is CN(C)CCC[C@@](C#N)(c1ccccc1)C1CCCCC1. The largest absolute Gasteiger partial charge is 0.309 e. The molecule has 1 fully saturated rings. The van der Waals surface area contributed by atoms with Crippen LogP contribution in [0.1, 0.15) is 50.5 Å². The van der Waals surface area contributed by atoms with E-state index in [1.807, 2.05) is 6.07 Å². The van der Waals surface area contributed by atoms with Crippen molar-refractivity contribution in [3.63, 3.8) is 0 Å². The normalized spacial score (nSPS) is 19.1. The lowest BCUT2D eigenvalue weighted by molar-refractivity contribution is 0.229. The molecule has 1 saturated carbocycles. The van der Waals surface area contributed by atoms with Crippen molar-refractivity contribution in [3.8, 4) is 6.07 Å². The summed E-state index contributed by atoms with van der Waals surface area (Å²) in [4.78, 5) is 2.22. The topological polar surface area (TPSA) is 27.0 Å². The van der Waals surface area contributed by atoms with Gasteiger partial charge in [-0.15, -0.1) is 0 Å². The fraction of sp³-hybridized carbons (Fsp3) is 0.632. The first kappa shape index (κ1) is 16.0. The average molecular weight is 284 g/mol. The number of hydrogen-bond donors (Lipinski definition) is 0. The van der Waals surface area contributed by atoms with E-state index in [4.69, 9.17) is 0 Å². The van der Waals surface area contributed by atoms with Crippen LogP contribution in [0.4, 0.5) is 0 Å². The zero-order valence-corrected chi connectivity index (χ0v) is 13.5. The minimum atomic E-state index is -0.280. The van der Waals surface area contributed by atoms with Crippen LogP contribution in [0.15, 0.2) is 30.3 Å². The Balaban J connectivity index is 2.25. The third-order valence-corrected chi connectivity index (χ3v) is 4.97. The van der Waals surface area contributed by atoms with Crippen molar-refractivity contribution in [2.75, 3.05) is 20.6 Å². The number of benzene rings is 1. The van der Waals surface area contributed by atoms with Crippen LogP contribution in [0.3, 0.4) is 0 Å². The van der Waals surface area contributed by atoms with Crippen LogP contribution in [-0.2, 0) is 5.41 Å². The van der Waals surface area contributed by atoms with Gasteiger partial charge in [-0.05, 0) is 57.8 Å². The van der Waals surface area contributed by atoms with E-state index in [1.54, 1.807) is 0 Å². The Bertz CT molecular complexity index is 454. The molecule has 1 aromatic carbocycles. The molecule has 0 unspecified atom stereocenters. The van der Waals surface area contributed by atoms with Gasteiger partial charge in [-0.3, -0.25) is 0 Å². The summed E-state index contributed by atoms with van der Waals surface area (Å²) in [6.07, 6.45) is 8.41. The highest BCUT2D eigenvalue weighted by Gasteiger charge is 2.40. The molecule has 1 aliphatic carbocycles. The standard InChI is InChI=1S/C19H28N2/c1-21(2)15-9-14-19(16-20,17-10-5-3-6-11-17)18-12-7-4-8-13-18/h3,5-6,10-11,18H,4,7-9,12-15H2,1-2H3/t19-/m1/s1. The van der Waals surface area contributed by atoms with Gasteiger partial charge >= 0.3 is 0 Å². The molecule has 0 saturated heterocycles. The van der Waals surface area contributed by atoms with E-state index < -0.39 is 0 Å². The first-order valence-corrected chi connectivity index (χ1v) is 8.30. The first-order chi connectivity index (χ1) is 10.2. The van der Waals surface area contributed by atoms with E-state index in [1.165, 1.54) is 37.7 Å². The Labute approximate surface area is 129 Å². The molecule has 0 heterocycles. The van der Waals surface area contributed by atoms with Crippen molar-refractivity contribution in [3.05, 3.63) is 35.9 Å². The highest BCUT2D eigenvalue weighted by atomic mass is 15.0. The number of nitriles is 1. The highest BCUT2D eigenvalue weighted by molar-refractivity contribution is 5.33. The van der Waals surface area contributed by atoms with Crippen molar-refractivity contribution < 1.29 is 0 Å². The number of nitrogens with zero attached hydrogens (tertiary/aromatic N) is 2. The zero-order valence-electron chi connectivity index (χ0n) is 13.5. The maximum absolute atomic E-state index is 10.1. The molecule has 114 valence electrons. The minimum absolute atomic E-state index is 0.280. The molecule has 1 aromatic rings. The lowest BCUT2D eigenvalue weighted by atomic mass is 9.63. The molecule has 0 N–H and O–H groups in total. The van der Waals surface area contributed by atoms with Gasteiger partial charge in [0.05, 0.1) is 11.5 Å². The second-order valence-corrected chi connectivity index (χ2v) is 6.69. The smallest absolute Gasteiger partial charge is 0.0850 e. The third kappa shape index (κ3) is 3.86. The molecule has 0 aliphatic heterocycles. The number of hydrogen-bond acceptors (Lipinski definition) is 2. The summed E-state index contributed by atoms with van der Waals surface area (Å²) < 4.78 is 0. The van der Waals surface area contributed by atoms with Gasteiger partial charge in [-0.25, -0.2) is 0 Å². The summed E-state index contributed by atoms with van der Waals surface area (Å²) in [5.74, 6) is 0.529. The van der Waals surface area contributed by atoms with Crippen molar-refractivity contribution >= 4 is 0 Å². The Morgan fingerprint density at radius 3 is 2.38 bits per heavy atom. The van der Waals surface area contributed by atoms with E-state index in [9.17, 15) is 5.26 Å². The maximum atomic E-state index is 10.1. The molecule has 2 heteroatoms. The molecule has 1 aliphatic rings. The summed E-state index contributed by atoms with van der Waals surface area (Å²) in [6.45, 7) is 1.06. The molecular formula is C19H28N2. The van der Waals surface area contributed by atoms with Gasteiger partial charge in [-0.2, -0.15) is 5.26 Å². The quantitative estimate of drug-likeness (QED) is 0.775. The van der Waals surface area contributed by atoms with Crippen LogP contribution in [0, 0.1) is 17.2 Å². The van der Waals surface area contributed by atoms with Crippen LogP contribution in [0.2, 0.25) is 0 Å². The van der Waals surface area contributed by atoms with Crippen LogP contribution in [0.5, 0.6) is 0 Å². The molecule has 1 atom stereocenters. The van der Waals surface area contributed by atoms with E-state index in [0.717, 1.165) is 19.4 Å². The fourth-order valence-corrected chi connectivity index (χ4v) is 3.80. The maximum Gasteiger partial charge on any atom is 0.0850 e. The van der Waals surface area contributed by atoms with Crippen molar-refractivity contribution in [1.82, 2.24) is 4.90 Å². The van der Waals surface area contributed by atoms with Crippen LogP contribution < -0.4 is 0 Å². The zero-order chi connectivity index (χ0) is 15.1. The van der Waals surface area contributed by atoms with Gasteiger partial charge in [0.2, 0.25) is 0 Å². The second-order valence-electron chi connectivity index (χ2n) is 6.69. The minimum Gasteiger partial charge on any atom is -0.309 e. The van der Waals surface area contributed by atoms with Crippen LogP contribution in [0.25, 0.3) is 0 Å². The van der Waals surface area contributed by atoms with Crippen molar-refractivity contribution in [2.24, 2.45) is 5.92 Å². The van der Waals surface area contributed by atoms with Crippen molar-refractivity contribution in [1.29, 1.82) is 5.26 Å². The van der Waals surface area contributed by atoms with E-state index in [-0.39, 0.29) is 5.41 Å². The number of rotatable bonds is 6. The lowest BCUT2D eigenvalue weighted by Gasteiger charge is -2.38. The summed E-state index contributed by atoms with van der Waals surface area (Å²) in [7, 11) is 4.22. The van der Waals surface area contributed by atoms with Crippen LogP contribution >= 0.6 is 0 Å². The Morgan fingerprint density at radius 2 is 1.81 bits per heavy atom. The molecular weight excluding hydrogens is 256 g/mol. The fourth-order valence-electron chi connectivity index (χ4n) is 3.80. The Hall–Kier alpha value is -1.33. The van der Waals surface area contributed by atoms with Gasteiger partial charge in [0, 0.05) is 0 Å². The molecule has 21 heavy (non-hydrogen) atoms. The predicted molar refractivity (Wildman–Crippen MR) is 88.1 cm³/mol. The van der Waals surface area contributed by atoms with E-state index in [0.29, 0.717) is 5.92 Å². The summed E-state index contributed by atoms with van der Waals surface area (Å²) in [5, 5.41) is 10.1. The summed E-state index contributed by atoms with van der Waals surface area (Å²) in [5.41, 5.74) is 0.954. The first-order valence-electron chi connectivity index (χ1n) is 8.30. The molecule has 0 spiro atoms. The molecule has 0 amide bonds. The highest BCUT2D eigenvalue weighted by Crippen LogP contribution is 2.43. The molecule has 2 nitrogen and oxygen atoms in total. The van der Waals surface area contributed by atoms with E-state index >= 15 is 0 Å². The summed E-state index contributed by atoms with van der Waals surface area (Å²) >= 11 is 0. The van der Waals surface area contributed by atoms with Crippen molar-refractivity contribution in [2.45, 2.75) is 50.4 Å². The van der Waals surface area contributed by atoms with Gasteiger partial charge in [0.25, 0.3) is 0 Å². The molecule has 0 aromatic heterocycles. The van der Waals surface area contributed by atoms with Gasteiger partial charge < -0.3 is 4.90 Å². The van der Waals surface area contributed by atoms with Gasteiger partial charge in [-0.1, -0.05) is 49.6 Å². The predicted octanol–water partition coefficient (Wildman–Crippen LogP) is 4.37. The molecule has 0 bridgehead atoms. The lowest BCUT2D eigenvalue weighted by Crippen LogP contribution is -2.36. The Kier molecular flexibility index (Phi) is 5.82. The van der Waals surface area contributed by atoms with Gasteiger partial charge in [0.15, 0.2) is 0 Å². The Morgan fingerprint density at radius 1 is 1.14 bits per heavy atom. The van der Waals surface area contributed by atoms with Gasteiger partial charge in [0.1, 0.15) is 0 Å². The molecule has 2 rings (SSSR count). The molecule has 0 radical (unpaired) electrons. The monoisotopic (exact) mass is 284 g/mol. The van der Waals surface area contributed by atoms with Crippen LogP contribution in [-0.4, -0.2) is 25.5 Å². The summed E-state index contributed by atoms with van der Waals surface area (Å²) in [6, 6.07) is 13.3.